The van der Waals surface area contributed by atoms with Crippen molar-refractivity contribution in [3.05, 3.63) is 18.5 Å². The molecule has 0 unspecified atom stereocenters. The summed E-state index contributed by atoms with van der Waals surface area (Å²) in [5.74, 6) is 0.904. The van der Waals surface area contributed by atoms with E-state index >= 15 is 0 Å². The van der Waals surface area contributed by atoms with Crippen LogP contribution in [0.4, 0.5) is 5.95 Å². The molecule has 0 aliphatic carbocycles. The fourth-order valence-electron chi connectivity index (χ4n) is 1.53. The Bertz CT molecular complexity index is 499. The number of anilines is 1. The van der Waals surface area contributed by atoms with E-state index in [9.17, 15) is 0 Å². The monoisotopic (exact) mass is 262 g/mol. The molecule has 0 aliphatic heterocycles. The van der Waals surface area contributed by atoms with Crippen LogP contribution < -0.4 is 10.1 Å². The van der Waals surface area contributed by atoms with Crippen LogP contribution in [0.1, 0.15) is 26.2 Å². The molecule has 1 N–H and O–H groups in total. The summed E-state index contributed by atoms with van der Waals surface area (Å²) < 4.78 is 7.12. The van der Waals surface area contributed by atoms with E-state index in [0.29, 0.717) is 24.5 Å². The van der Waals surface area contributed by atoms with Gasteiger partial charge in [-0.15, -0.1) is 0 Å². The number of nitrogens with zero attached hydrogens (tertiary/aromatic N) is 5. The maximum absolute atomic E-state index is 5.55. The van der Waals surface area contributed by atoms with Crippen LogP contribution in [0.2, 0.25) is 0 Å². The van der Waals surface area contributed by atoms with Gasteiger partial charge < -0.3 is 10.1 Å². The van der Waals surface area contributed by atoms with Gasteiger partial charge >= 0.3 is 6.01 Å². The van der Waals surface area contributed by atoms with Gasteiger partial charge in [0, 0.05) is 19.4 Å². The van der Waals surface area contributed by atoms with Gasteiger partial charge in [0.1, 0.15) is 0 Å². The molecule has 0 aromatic carbocycles. The Morgan fingerprint density at radius 1 is 1.26 bits per heavy atom. The summed E-state index contributed by atoms with van der Waals surface area (Å²) in [5, 5.41) is 6.98. The first-order chi connectivity index (χ1) is 9.33. The van der Waals surface area contributed by atoms with Gasteiger partial charge in [-0.1, -0.05) is 19.8 Å². The minimum Gasteiger partial charge on any atom is -0.463 e. The van der Waals surface area contributed by atoms with Gasteiger partial charge in [0.25, 0.3) is 5.95 Å². The van der Waals surface area contributed by atoms with Crippen LogP contribution in [0.3, 0.4) is 0 Å². The lowest BCUT2D eigenvalue weighted by molar-refractivity contribution is 0.281. The molecule has 0 amide bonds. The van der Waals surface area contributed by atoms with E-state index in [1.165, 1.54) is 0 Å². The van der Waals surface area contributed by atoms with Crippen molar-refractivity contribution >= 4 is 5.95 Å². The molecule has 2 aromatic heterocycles. The zero-order chi connectivity index (χ0) is 13.5. The number of ether oxygens (including phenoxy) is 1. The second-order valence-corrected chi connectivity index (χ2v) is 4.00. The number of nitrogens with one attached hydrogen (secondary N) is 1. The number of rotatable bonds is 7. The molecule has 102 valence electrons. The first-order valence-corrected chi connectivity index (χ1v) is 6.40. The molecule has 2 aromatic rings. The van der Waals surface area contributed by atoms with E-state index in [4.69, 9.17) is 4.74 Å². The predicted octanol–water partition coefficient (Wildman–Crippen LogP) is 1.67. The van der Waals surface area contributed by atoms with E-state index in [1.54, 1.807) is 24.1 Å². The lowest BCUT2D eigenvalue weighted by atomic mass is 10.3. The van der Waals surface area contributed by atoms with E-state index in [2.05, 4.69) is 32.3 Å². The smallest absolute Gasteiger partial charge is 0.323 e. The number of hydrogen-bond acceptors (Lipinski definition) is 6. The van der Waals surface area contributed by atoms with Gasteiger partial charge in [0.15, 0.2) is 0 Å². The zero-order valence-electron chi connectivity index (χ0n) is 11.2. The lowest BCUT2D eigenvalue weighted by Gasteiger charge is -2.07. The first-order valence-electron chi connectivity index (χ1n) is 6.40. The van der Waals surface area contributed by atoms with Crippen LogP contribution >= 0.6 is 0 Å². The molecule has 0 saturated heterocycles. The van der Waals surface area contributed by atoms with Crippen molar-refractivity contribution < 1.29 is 4.74 Å². The highest BCUT2D eigenvalue weighted by molar-refractivity contribution is 5.28. The number of aromatic nitrogens is 5. The van der Waals surface area contributed by atoms with E-state index in [0.717, 1.165) is 19.3 Å². The van der Waals surface area contributed by atoms with Gasteiger partial charge in [0.2, 0.25) is 5.95 Å². The van der Waals surface area contributed by atoms with Crippen LogP contribution in [-0.2, 0) is 0 Å². The lowest BCUT2D eigenvalue weighted by Crippen LogP contribution is -2.10. The maximum Gasteiger partial charge on any atom is 0.323 e. The molecule has 2 rings (SSSR count). The second kappa shape index (κ2) is 6.67. The fraction of sp³-hybridized carbons (Fsp3) is 0.500. The predicted molar refractivity (Wildman–Crippen MR) is 71.5 cm³/mol. The summed E-state index contributed by atoms with van der Waals surface area (Å²) >= 11 is 0. The van der Waals surface area contributed by atoms with Crippen molar-refractivity contribution in [3.8, 4) is 12.0 Å². The summed E-state index contributed by atoms with van der Waals surface area (Å²) in [4.78, 5) is 12.6. The molecule has 0 radical (unpaired) electrons. The van der Waals surface area contributed by atoms with Gasteiger partial charge in [0.05, 0.1) is 6.61 Å². The highest BCUT2D eigenvalue weighted by atomic mass is 16.5. The molecule has 7 nitrogen and oxygen atoms in total. The second-order valence-electron chi connectivity index (χ2n) is 4.00. The van der Waals surface area contributed by atoms with Gasteiger partial charge in [-0.3, -0.25) is 0 Å². The standard InChI is InChI=1S/C12H18N6O/c1-3-4-5-9-19-12-16-10(13-2)15-11(17-12)18-8-6-7-14-18/h6-8H,3-5,9H2,1-2H3,(H,13,15,16,17). The van der Waals surface area contributed by atoms with Gasteiger partial charge in [-0.2, -0.15) is 20.1 Å². The molecular formula is C12H18N6O. The normalized spacial score (nSPS) is 10.4. The quantitative estimate of drug-likeness (QED) is 0.765. The molecule has 19 heavy (non-hydrogen) atoms. The summed E-state index contributed by atoms with van der Waals surface area (Å²) in [7, 11) is 1.75. The summed E-state index contributed by atoms with van der Waals surface area (Å²) in [6, 6.07) is 2.13. The van der Waals surface area contributed by atoms with Gasteiger partial charge in [-0.25, -0.2) is 4.68 Å². The molecule has 0 aliphatic rings. The summed E-state index contributed by atoms with van der Waals surface area (Å²) in [6.07, 6.45) is 6.73. The Morgan fingerprint density at radius 3 is 2.84 bits per heavy atom. The topological polar surface area (TPSA) is 77.8 Å². The van der Waals surface area contributed by atoms with Crippen molar-refractivity contribution in [2.24, 2.45) is 0 Å². The molecule has 2 heterocycles. The number of unbranched alkanes of at least 4 members (excludes halogenated alkanes) is 2. The molecule has 0 atom stereocenters. The van der Waals surface area contributed by atoms with Crippen molar-refractivity contribution in [1.29, 1.82) is 0 Å². The van der Waals surface area contributed by atoms with Crippen LogP contribution in [-0.4, -0.2) is 38.4 Å². The highest BCUT2D eigenvalue weighted by Crippen LogP contribution is 2.10. The van der Waals surface area contributed by atoms with Crippen molar-refractivity contribution in [2.75, 3.05) is 19.0 Å². The van der Waals surface area contributed by atoms with Crippen LogP contribution in [0.5, 0.6) is 6.01 Å². The average molecular weight is 262 g/mol. The minimum absolute atomic E-state index is 0.320. The average Bonchev–Trinajstić information content (AvgIpc) is 2.97. The van der Waals surface area contributed by atoms with E-state index in [1.807, 2.05) is 6.07 Å². The summed E-state index contributed by atoms with van der Waals surface area (Å²) in [5.41, 5.74) is 0. The van der Waals surface area contributed by atoms with Crippen molar-refractivity contribution in [2.45, 2.75) is 26.2 Å². The van der Waals surface area contributed by atoms with Crippen molar-refractivity contribution in [3.63, 3.8) is 0 Å². The molecule has 0 saturated carbocycles. The molecule has 0 fully saturated rings. The van der Waals surface area contributed by atoms with Crippen LogP contribution in [0, 0.1) is 0 Å². The third-order valence-corrected chi connectivity index (χ3v) is 2.52. The molecular weight excluding hydrogens is 244 g/mol. The molecule has 0 bridgehead atoms. The van der Waals surface area contributed by atoms with Crippen molar-refractivity contribution in [1.82, 2.24) is 24.7 Å². The Kier molecular flexibility index (Phi) is 4.66. The Morgan fingerprint density at radius 2 is 2.16 bits per heavy atom. The van der Waals surface area contributed by atoms with Gasteiger partial charge in [-0.05, 0) is 12.5 Å². The highest BCUT2D eigenvalue weighted by Gasteiger charge is 2.08. The third kappa shape index (κ3) is 3.64. The Balaban J connectivity index is 2.12. The minimum atomic E-state index is 0.320. The number of hydrogen-bond donors (Lipinski definition) is 1. The fourth-order valence-corrected chi connectivity index (χ4v) is 1.53. The van der Waals surface area contributed by atoms with Crippen LogP contribution in [0.15, 0.2) is 18.5 Å². The molecule has 7 heteroatoms. The largest absolute Gasteiger partial charge is 0.463 e. The van der Waals surface area contributed by atoms with E-state index in [-0.39, 0.29) is 0 Å². The summed E-state index contributed by atoms with van der Waals surface area (Å²) in [6.45, 7) is 2.76. The molecule has 0 spiro atoms. The van der Waals surface area contributed by atoms with Crippen LogP contribution in [0.25, 0.3) is 5.95 Å². The zero-order valence-corrected chi connectivity index (χ0v) is 11.2. The Hall–Kier alpha value is -2.18. The van der Waals surface area contributed by atoms with E-state index < -0.39 is 0 Å². The third-order valence-electron chi connectivity index (χ3n) is 2.52. The first kappa shape index (κ1) is 13.3. The maximum atomic E-state index is 5.55. The SMILES string of the molecule is CCCCCOc1nc(NC)nc(-n2cccn2)n1. The Labute approximate surface area is 112 Å².